The first-order valence-electron chi connectivity index (χ1n) is 3.42. The molecule has 0 aromatic carbocycles. The standard InChI is InChI=1S/C5H16OSi2/c1-3-5-8(7)6-4-2/h8H,3-5H2,1-2,7H3. The van der Waals surface area contributed by atoms with Crippen LogP contribution in [0.25, 0.3) is 0 Å². The minimum atomic E-state index is -0.563. The molecule has 0 saturated heterocycles. The zero-order chi connectivity index (χ0) is 6.41. The van der Waals surface area contributed by atoms with Crippen LogP contribution >= 0.6 is 0 Å². The van der Waals surface area contributed by atoms with E-state index in [-0.39, 0.29) is 0 Å². The molecule has 3 heteroatoms. The Balaban J connectivity index is 2.92. The van der Waals surface area contributed by atoms with Gasteiger partial charge in [-0.2, -0.15) is 0 Å². The van der Waals surface area contributed by atoms with Gasteiger partial charge in [0.05, 0.1) is 0 Å². The lowest BCUT2D eigenvalue weighted by molar-refractivity contribution is 0.353. The maximum Gasteiger partial charge on any atom is 0.154 e. The highest BCUT2D eigenvalue weighted by atomic mass is 29.2. The second kappa shape index (κ2) is 5.53. The summed E-state index contributed by atoms with van der Waals surface area (Å²) in [7, 11) is 0.762. The molecule has 0 fully saturated rings. The van der Waals surface area contributed by atoms with Crippen LogP contribution < -0.4 is 0 Å². The predicted octanol–water partition coefficient (Wildman–Crippen LogP) is 0.0188. The zero-order valence-corrected chi connectivity index (χ0v) is 9.26. The lowest BCUT2D eigenvalue weighted by Crippen LogP contribution is -2.17. The van der Waals surface area contributed by atoms with Crippen LogP contribution in [0.1, 0.15) is 20.3 Å². The molecule has 0 radical (unpaired) electrons. The molecule has 1 nitrogen and oxygen atoms in total. The van der Waals surface area contributed by atoms with Gasteiger partial charge in [-0.3, -0.25) is 0 Å². The Hall–Kier alpha value is 0.394. The van der Waals surface area contributed by atoms with Crippen molar-refractivity contribution >= 4 is 18.3 Å². The number of hydrogen-bond donors (Lipinski definition) is 0. The van der Waals surface area contributed by atoms with Crippen LogP contribution in [0.2, 0.25) is 6.04 Å². The van der Waals surface area contributed by atoms with Crippen molar-refractivity contribution in [2.75, 3.05) is 6.61 Å². The molecule has 0 saturated carbocycles. The Bertz CT molecular complexity index is 43.7. The molecule has 0 bridgehead atoms. The molecule has 0 aliphatic carbocycles. The van der Waals surface area contributed by atoms with Crippen molar-refractivity contribution in [1.82, 2.24) is 0 Å². The molecular weight excluding hydrogens is 132 g/mol. The van der Waals surface area contributed by atoms with Gasteiger partial charge >= 0.3 is 0 Å². The lowest BCUT2D eigenvalue weighted by atomic mass is 10.6. The highest BCUT2D eigenvalue weighted by molar-refractivity contribution is 6.99. The van der Waals surface area contributed by atoms with Gasteiger partial charge in [0.25, 0.3) is 0 Å². The molecule has 8 heavy (non-hydrogen) atoms. The second-order valence-electron chi connectivity index (χ2n) is 2.05. The van der Waals surface area contributed by atoms with Crippen LogP contribution in [0, 0.1) is 0 Å². The summed E-state index contributed by atoms with van der Waals surface area (Å²) >= 11 is 0. The van der Waals surface area contributed by atoms with E-state index in [9.17, 15) is 0 Å². The van der Waals surface area contributed by atoms with E-state index in [0.29, 0.717) is 0 Å². The van der Waals surface area contributed by atoms with Crippen molar-refractivity contribution in [3.63, 3.8) is 0 Å². The van der Waals surface area contributed by atoms with Gasteiger partial charge < -0.3 is 4.43 Å². The van der Waals surface area contributed by atoms with Gasteiger partial charge in [-0.05, 0) is 13.0 Å². The first kappa shape index (κ1) is 8.39. The summed E-state index contributed by atoms with van der Waals surface area (Å²) in [4.78, 5) is 0. The van der Waals surface area contributed by atoms with Gasteiger partial charge in [0.2, 0.25) is 0 Å². The summed E-state index contributed by atoms with van der Waals surface area (Å²) in [5, 5.41) is 0. The van der Waals surface area contributed by atoms with Crippen LogP contribution in [0.4, 0.5) is 0 Å². The third kappa shape index (κ3) is 4.55. The number of rotatable bonds is 4. The molecule has 0 aromatic rings. The molecule has 50 valence electrons. The fraction of sp³-hybridized carbons (Fsp3) is 1.00. The van der Waals surface area contributed by atoms with Gasteiger partial charge in [-0.25, -0.2) is 0 Å². The van der Waals surface area contributed by atoms with Gasteiger partial charge in [0, 0.05) is 16.4 Å². The molecule has 0 N–H and O–H groups in total. The van der Waals surface area contributed by atoms with E-state index in [1.807, 2.05) is 0 Å². The lowest BCUT2D eigenvalue weighted by Gasteiger charge is -2.06. The molecule has 0 spiro atoms. The highest BCUT2D eigenvalue weighted by Crippen LogP contribution is 1.93. The normalized spacial score (nSPS) is 14.2. The topological polar surface area (TPSA) is 9.23 Å². The fourth-order valence-electron chi connectivity index (χ4n) is 0.774. The first-order valence-corrected chi connectivity index (χ1v) is 9.33. The van der Waals surface area contributed by atoms with Crippen LogP contribution in [-0.2, 0) is 4.43 Å². The molecule has 0 heterocycles. The van der Waals surface area contributed by atoms with E-state index in [1.54, 1.807) is 0 Å². The van der Waals surface area contributed by atoms with Crippen LogP contribution in [-0.4, -0.2) is 24.9 Å². The smallest absolute Gasteiger partial charge is 0.154 e. The Morgan fingerprint density at radius 3 is 2.50 bits per heavy atom. The minimum Gasteiger partial charge on any atom is -0.425 e. The molecule has 1 unspecified atom stereocenters. The summed E-state index contributed by atoms with van der Waals surface area (Å²) in [5.41, 5.74) is 0. The van der Waals surface area contributed by atoms with Crippen molar-refractivity contribution < 1.29 is 4.43 Å². The van der Waals surface area contributed by atoms with Gasteiger partial charge in [-0.15, -0.1) is 0 Å². The highest BCUT2D eigenvalue weighted by Gasteiger charge is 1.98. The van der Waals surface area contributed by atoms with Crippen molar-refractivity contribution in [2.45, 2.75) is 26.3 Å². The van der Waals surface area contributed by atoms with E-state index in [0.717, 1.165) is 6.61 Å². The van der Waals surface area contributed by atoms with Crippen molar-refractivity contribution in [3.05, 3.63) is 0 Å². The molecule has 0 rings (SSSR count). The zero-order valence-electron chi connectivity index (χ0n) is 6.11. The third-order valence-corrected chi connectivity index (χ3v) is 6.17. The van der Waals surface area contributed by atoms with Crippen LogP contribution in [0.15, 0.2) is 0 Å². The Morgan fingerprint density at radius 1 is 1.50 bits per heavy atom. The molecule has 0 aliphatic rings. The van der Waals surface area contributed by atoms with Crippen molar-refractivity contribution in [2.24, 2.45) is 0 Å². The van der Waals surface area contributed by atoms with Crippen molar-refractivity contribution in [1.29, 1.82) is 0 Å². The largest absolute Gasteiger partial charge is 0.425 e. The summed E-state index contributed by atoms with van der Waals surface area (Å²) in [5.74, 6) is 0. The van der Waals surface area contributed by atoms with Gasteiger partial charge in [-0.1, -0.05) is 13.3 Å². The second-order valence-corrected chi connectivity index (χ2v) is 8.45. The Kier molecular flexibility index (Phi) is 5.80. The Labute approximate surface area is 56.4 Å². The molecule has 0 aromatic heterocycles. The quantitative estimate of drug-likeness (QED) is 0.511. The van der Waals surface area contributed by atoms with Crippen molar-refractivity contribution in [3.8, 4) is 0 Å². The average Bonchev–Trinajstić information content (AvgIpc) is 1.68. The predicted molar refractivity (Wildman–Crippen MR) is 43.8 cm³/mol. The molecule has 1 atom stereocenters. The Morgan fingerprint density at radius 2 is 2.12 bits per heavy atom. The summed E-state index contributed by atoms with van der Waals surface area (Å²) in [6.45, 7) is 5.27. The summed E-state index contributed by atoms with van der Waals surface area (Å²) < 4.78 is 5.48. The summed E-state index contributed by atoms with van der Waals surface area (Å²) in [6, 6.07) is 1.39. The summed E-state index contributed by atoms with van der Waals surface area (Å²) in [6.07, 6.45) is 1.32. The van der Waals surface area contributed by atoms with E-state index < -0.39 is 8.56 Å². The maximum absolute atomic E-state index is 5.48. The average molecular weight is 148 g/mol. The van der Waals surface area contributed by atoms with E-state index in [4.69, 9.17) is 4.43 Å². The van der Waals surface area contributed by atoms with Gasteiger partial charge in [0.1, 0.15) is 0 Å². The van der Waals surface area contributed by atoms with Gasteiger partial charge in [0.15, 0.2) is 8.56 Å². The number of hydrogen-bond acceptors (Lipinski definition) is 1. The monoisotopic (exact) mass is 148 g/mol. The maximum atomic E-state index is 5.48. The molecule has 0 aliphatic heterocycles. The molecule has 0 amide bonds. The molecular formula is C5H16OSi2. The van der Waals surface area contributed by atoms with E-state index >= 15 is 0 Å². The minimum absolute atomic E-state index is 0.563. The van der Waals surface area contributed by atoms with E-state index in [2.05, 4.69) is 13.8 Å². The van der Waals surface area contributed by atoms with E-state index in [1.165, 1.54) is 22.2 Å². The third-order valence-electron chi connectivity index (χ3n) is 1.15. The SMILES string of the molecule is CCC[SiH]([SiH3])OCC. The van der Waals surface area contributed by atoms with Crippen LogP contribution in [0.5, 0.6) is 0 Å². The fourth-order valence-corrected chi connectivity index (χ4v) is 5.06. The van der Waals surface area contributed by atoms with Crippen LogP contribution in [0.3, 0.4) is 0 Å². The first-order chi connectivity index (χ1) is 3.81.